The van der Waals surface area contributed by atoms with Crippen LogP contribution in [0.2, 0.25) is 0 Å². The summed E-state index contributed by atoms with van der Waals surface area (Å²) >= 11 is 1.02. The SMILES string of the molecule is CSC(=O)c1ccccc1COP(=O)([O-])O. The first-order valence-corrected chi connectivity index (χ1v) is 7.00. The predicted octanol–water partition coefficient (Wildman–Crippen LogP) is 1.17. The molecule has 16 heavy (non-hydrogen) atoms. The van der Waals surface area contributed by atoms with Crippen molar-refractivity contribution in [2.45, 2.75) is 6.61 Å². The van der Waals surface area contributed by atoms with E-state index in [0.717, 1.165) is 11.8 Å². The highest BCUT2D eigenvalue weighted by Gasteiger charge is 2.11. The average Bonchev–Trinajstić information content (AvgIpc) is 2.25. The molecule has 5 nitrogen and oxygen atoms in total. The van der Waals surface area contributed by atoms with Crippen LogP contribution in [-0.2, 0) is 15.7 Å². The van der Waals surface area contributed by atoms with Gasteiger partial charge < -0.3 is 14.3 Å². The molecule has 0 aliphatic rings. The van der Waals surface area contributed by atoms with Crippen molar-refractivity contribution in [2.24, 2.45) is 0 Å². The maximum Gasteiger partial charge on any atom is 0.265 e. The number of benzene rings is 1. The van der Waals surface area contributed by atoms with Crippen molar-refractivity contribution in [1.29, 1.82) is 0 Å². The largest absolute Gasteiger partial charge is 0.756 e. The van der Waals surface area contributed by atoms with Crippen LogP contribution in [0.25, 0.3) is 0 Å². The van der Waals surface area contributed by atoms with E-state index in [4.69, 9.17) is 4.89 Å². The summed E-state index contributed by atoms with van der Waals surface area (Å²) in [6.45, 7) is -0.347. The van der Waals surface area contributed by atoms with Crippen LogP contribution in [0.3, 0.4) is 0 Å². The molecule has 0 amide bonds. The minimum atomic E-state index is -4.76. The van der Waals surface area contributed by atoms with E-state index in [9.17, 15) is 14.3 Å². The van der Waals surface area contributed by atoms with Gasteiger partial charge in [0.25, 0.3) is 7.82 Å². The second-order valence-corrected chi connectivity index (χ2v) is 4.87. The zero-order valence-corrected chi connectivity index (χ0v) is 10.2. The molecular weight excluding hydrogens is 251 g/mol. The first-order valence-electron chi connectivity index (χ1n) is 4.28. The fourth-order valence-corrected chi connectivity index (χ4v) is 1.83. The summed E-state index contributed by atoms with van der Waals surface area (Å²) in [4.78, 5) is 30.3. The van der Waals surface area contributed by atoms with E-state index in [-0.39, 0.29) is 11.7 Å². The van der Waals surface area contributed by atoms with Crippen LogP contribution in [-0.4, -0.2) is 16.3 Å². The van der Waals surface area contributed by atoms with Crippen LogP contribution in [0.4, 0.5) is 0 Å². The fraction of sp³-hybridized carbons (Fsp3) is 0.222. The van der Waals surface area contributed by atoms with Gasteiger partial charge in [0.15, 0.2) is 0 Å². The van der Waals surface area contributed by atoms with E-state index in [1.54, 1.807) is 30.5 Å². The molecular formula is C9H10O5PS-. The molecule has 1 unspecified atom stereocenters. The molecule has 7 heteroatoms. The summed E-state index contributed by atoms with van der Waals surface area (Å²) in [5, 5.41) is -0.183. The van der Waals surface area contributed by atoms with Gasteiger partial charge in [-0.3, -0.25) is 9.36 Å². The van der Waals surface area contributed by atoms with Gasteiger partial charge in [-0.05, 0) is 11.8 Å². The molecule has 1 aromatic carbocycles. The Balaban J connectivity index is 2.87. The molecule has 88 valence electrons. The molecule has 0 fully saturated rings. The van der Waals surface area contributed by atoms with Gasteiger partial charge in [0.1, 0.15) is 0 Å². The zero-order valence-electron chi connectivity index (χ0n) is 8.45. The minimum absolute atomic E-state index is 0.183. The Labute approximate surface area is 97.1 Å². The molecule has 0 bridgehead atoms. The first kappa shape index (κ1) is 13.4. The molecule has 0 aliphatic heterocycles. The molecule has 0 radical (unpaired) electrons. The maximum atomic E-state index is 11.5. The van der Waals surface area contributed by atoms with Crippen molar-refractivity contribution in [2.75, 3.05) is 6.26 Å². The fourth-order valence-electron chi connectivity index (χ4n) is 1.11. The summed E-state index contributed by atoms with van der Waals surface area (Å²) in [5.74, 6) is 0. The lowest BCUT2D eigenvalue weighted by atomic mass is 10.1. The third kappa shape index (κ3) is 4.08. The topological polar surface area (TPSA) is 86.7 Å². The highest BCUT2D eigenvalue weighted by atomic mass is 32.2. The van der Waals surface area contributed by atoms with E-state index in [2.05, 4.69) is 4.52 Å². The number of rotatable bonds is 4. The smallest absolute Gasteiger partial charge is 0.265 e. The zero-order chi connectivity index (χ0) is 12.2. The number of thioether (sulfide) groups is 1. The molecule has 0 aliphatic carbocycles. The third-order valence-electron chi connectivity index (χ3n) is 1.81. The standard InChI is InChI=1S/C9H11O5PS/c1-16-9(10)8-5-3-2-4-7(8)6-14-15(11,12)13/h2-5H,6H2,1H3,(H2,11,12,13)/p-1. The van der Waals surface area contributed by atoms with Gasteiger partial charge >= 0.3 is 0 Å². The van der Waals surface area contributed by atoms with Gasteiger partial charge in [-0.25, -0.2) is 0 Å². The van der Waals surface area contributed by atoms with Crippen LogP contribution < -0.4 is 4.89 Å². The lowest BCUT2D eigenvalue weighted by molar-refractivity contribution is -0.220. The van der Waals surface area contributed by atoms with Gasteiger partial charge in [0.2, 0.25) is 5.12 Å². The molecule has 0 aromatic heterocycles. The second-order valence-electron chi connectivity index (χ2n) is 2.89. The summed E-state index contributed by atoms with van der Waals surface area (Å²) in [7, 11) is -4.76. The van der Waals surface area contributed by atoms with E-state index in [1.807, 2.05) is 0 Å². The van der Waals surface area contributed by atoms with Crippen molar-refractivity contribution >= 4 is 24.7 Å². The molecule has 0 saturated heterocycles. The highest BCUT2D eigenvalue weighted by Crippen LogP contribution is 2.32. The number of hydrogen-bond donors (Lipinski definition) is 1. The van der Waals surface area contributed by atoms with Crippen molar-refractivity contribution in [1.82, 2.24) is 0 Å². The van der Waals surface area contributed by atoms with Crippen LogP contribution in [0.5, 0.6) is 0 Å². The molecule has 0 spiro atoms. The number of carbonyl (C=O) groups excluding carboxylic acids is 1. The Morgan fingerprint density at radius 3 is 2.75 bits per heavy atom. The summed E-state index contributed by atoms with van der Waals surface area (Å²) in [5.41, 5.74) is 0.801. The van der Waals surface area contributed by atoms with Crippen molar-refractivity contribution in [3.63, 3.8) is 0 Å². The molecule has 1 atom stereocenters. The lowest BCUT2D eigenvalue weighted by Gasteiger charge is -2.16. The summed E-state index contributed by atoms with van der Waals surface area (Å²) in [6.07, 6.45) is 1.63. The molecule has 1 aromatic rings. The highest BCUT2D eigenvalue weighted by molar-refractivity contribution is 8.13. The van der Waals surface area contributed by atoms with E-state index >= 15 is 0 Å². The van der Waals surface area contributed by atoms with E-state index in [0.29, 0.717) is 11.1 Å². The Hall–Kier alpha value is -0.650. The van der Waals surface area contributed by atoms with Crippen molar-refractivity contribution < 1.29 is 23.7 Å². The molecule has 1 rings (SSSR count). The predicted molar refractivity (Wildman–Crippen MR) is 58.9 cm³/mol. The lowest BCUT2D eigenvalue weighted by Crippen LogP contribution is -2.06. The van der Waals surface area contributed by atoms with Crippen LogP contribution in [0.15, 0.2) is 24.3 Å². The Morgan fingerprint density at radius 1 is 1.56 bits per heavy atom. The van der Waals surface area contributed by atoms with Gasteiger partial charge in [-0.2, -0.15) is 0 Å². The Kier molecular flexibility index (Phi) is 4.70. The van der Waals surface area contributed by atoms with E-state index in [1.165, 1.54) is 0 Å². The Morgan fingerprint density at radius 2 is 2.19 bits per heavy atom. The number of hydrogen-bond acceptors (Lipinski definition) is 5. The minimum Gasteiger partial charge on any atom is -0.756 e. The van der Waals surface area contributed by atoms with Crippen molar-refractivity contribution in [3.8, 4) is 0 Å². The quantitative estimate of drug-likeness (QED) is 0.818. The van der Waals surface area contributed by atoms with Crippen molar-refractivity contribution in [3.05, 3.63) is 35.4 Å². The maximum absolute atomic E-state index is 11.5. The number of phosphoric ester groups is 1. The number of phosphoric acid groups is 1. The van der Waals surface area contributed by atoms with Gasteiger partial charge in [-0.1, -0.05) is 36.0 Å². The summed E-state index contributed by atoms with van der Waals surface area (Å²) in [6, 6.07) is 6.47. The average molecular weight is 261 g/mol. The third-order valence-corrected chi connectivity index (χ3v) is 2.85. The van der Waals surface area contributed by atoms with Gasteiger partial charge in [-0.15, -0.1) is 0 Å². The molecule has 1 N–H and O–H groups in total. The first-order chi connectivity index (χ1) is 7.44. The second kappa shape index (κ2) is 5.61. The van der Waals surface area contributed by atoms with E-state index < -0.39 is 7.82 Å². The van der Waals surface area contributed by atoms with Gasteiger partial charge in [0.05, 0.1) is 6.61 Å². The molecule has 0 saturated carbocycles. The molecule has 0 heterocycles. The number of carbonyl (C=O) groups is 1. The van der Waals surface area contributed by atoms with Gasteiger partial charge in [0, 0.05) is 5.56 Å². The monoisotopic (exact) mass is 261 g/mol. The Bertz CT molecular complexity index is 428. The normalized spacial score (nSPS) is 14.4. The van der Waals surface area contributed by atoms with Crippen LogP contribution in [0, 0.1) is 0 Å². The van der Waals surface area contributed by atoms with Crippen LogP contribution in [0.1, 0.15) is 15.9 Å². The van der Waals surface area contributed by atoms with Crippen LogP contribution >= 0.6 is 19.6 Å². The summed E-state index contributed by atoms with van der Waals surface area (Å²) < 4.78 is 14.7.